The third kappa shape index (κ3) is 3.05. The predicted octanol–water partition coefficient (Wildman–Crippen LogP) is -0.870. The van der Waals surface area contributed by atoms with Gasteiger partial charge in [0.15, 0.2) is 0 Å². The molecule has 6 nitrogen and oxygen atoms in total. The molecule has 2 rings (SSSR count). The van der Waals surface area contributed by atoms with E-state index < -0.39 is 23.8 Å². The monoisotopic (exact) mass is 267 g/mol. The van der Waals surface area contributed by atoms with Crippen molar-refractivity contribution in [3.05, 3.63) is 0 Å². The van der Waals surface area contributed by atoms with Gasteiger partial charge in [-0.15, -0.1) is 0 Å². The van der Waals surface area contributed by atoms with Crippen LogP contribution in [0, 0.1) is 0 Å². The van der Waals surface area contributed by atoms with Crippen LogP contribution in [0.5, 0.6) is 0 Å². The fraction of sp³-hybridized carbons (Fsp3) is 0.769. The van der Waals surface area contributed by atoms with Crippen LogP contribution in [0.15, 0.2) is 0 Å². The number of aliphatic carboxylic acids is 1. The minimum atomic E-state index is -1.26. The van der Waals surface area contributed by atoms with Crippen molar-refractivity contribution < 1.29 is 19.5 Å². The molecule has 19 heavy (non-hydrogen) atoms. The summed E-state index contributed by atoms with van der Waals surface area (Å²) in [4.78, 5) is 38.0. The van der Waals surface area contributed by atoms with Crippen molar-refractivity contribution in [3.8, 4) is 0 Å². The minimum absolute atomic E-state index is 0.330. The zero-order valence-electron chi connectivity index (χ0n) is 11.0. The lowest BCUT2D eigenvalue weighted by atomic mass is 10.0. The van der Waals surface area contributed by atoms with Crippen molar-refractivity contribution in [1.29, 1.82) is 0 Å². The predicted molar refractivity (Wildman–Crippen MR) is 64.8 cm³/mol. The summed E-state index contributed by atoms with van der Waals surface area (Å²) >= 11 is 0. The summed E-state index contributed by atoms with van der Waals surface area (Å²) in [7, 11) is 0. The molecule has 0 aromatic rings. The second-order valence-corrected chi connectivity index (χ2v) is 5.18. The lowest BCUT2D eigenvalue weighted by Crippen LogP contribution is -2.57. The second-order valence-electron chi connectivity index (χ2n) is 5.18. The van der Waals surface area contributed by atoms with Gasteiger partial charge in [0, 0.05) is 19.6 Å². The summed E-state index contributed by atoms with van der Waals surface area (Å²) in [5, 5.41) is 11.0. The number of carbonyl (C=O) groups is 3. The van der Waals surface area contributed by atoms with E-state index in [1.165, 1.54) is 9.80 Å². The van der Waals surface area contributed by atoms with Gasteiger partial charge in [-0.05, 0) is 38.5 Å². The van der Waals surface area contributed by atoms with E-state index in [1.54, 1.807) is 0 Å². The molecule has 2 heterocycles. The standard InChI is InChI=1S/C13H20N2O4/c16-11(14-7-3-1-4-8-14)12(17)15-9-5-2-6-10(15)13(18)19/h10H,1-9H2,(H,18,19)/p-1. The highest BCUT2D eigenvalue weighted by Crippen LogP contribution is 2.18. The number of piperidine rings is 2. The second kappa shape index (κ2) is 6.04. The van der Waals surface area contributed by atoms with Crippen LogP contribution in [0.25, 0.3) is 0 Å². The molecular weight excluding hydrogens is 248 g/mol. The third-order valence-electron chi connectivity index (χ3n) is 3.86. The molecule has 0 radical (unpaired) electrons. The van der Waals surface area contributed by atoms with Crippen LogP contribution in [-0.2, 0) is 14.4 Å². The molecule has 2 aliphatic rings. The number of carboxylic acids is 1. The molecule has 1 unspecified atom stereocenters. The average molecular weight is 267 g/mol. The Balaban J connectivity index is 2.03. The van der Waals surface area contributed by atoms with E-state index in [4.69, 9.17) is 0 Å². The van der Waals surface area contributed by atoms with Crippen LogP contribution in [0.2, 0.25) is 0 Å². The fourth-order valence-corrected chi connectivity index (χ4v) is 2.77. The number of nitrogens with zero attached hydrogens (tertiary/aromatic N) is 2. The van der Waals surface area contributed by atoms with Crippen LogP contribution < -0.4 is 5.11 Å². The normalized spacial score (nSPS) is 24.1. The van der Waals surface area contributed by atoms with Gasteiger partial charge in [-0.2, -0.15) is 0 Å². The Morgan fingerprint density at radius 3 is 2.11 bits per heavy atom. The minimum Gasteiger partial charge on any atom is -0.548 e. The van der Waals surface area contributed by atoms with E-state index in [-0.39, 0.29) is 0 Å². The van der Waals surface area contributed by atoms with Crippen molar-refractivity contribution in [2.24, 2.45) is 0 Å². The van der Waals surface area contributed by atoms with Crippen molar-refractivity contribution in [2.75, 3.05) is 19.6 Å². The summed E-state index contributed by atoms with van der Waals surface area (Å²) in [5.74, 6) is -2.51. The number of hydrogen-bond donors (Lipinski definition) is 0. The maximum Gasteiger partial charge on any atom is 0.312 e. The number of likely N-dealkylation sites (tertiary alicyclic amines) is 2. The molecule has 2 fully saturated rings. The number of carbonyl (C=O) groups excluding carboxylic acids is 3. The molecule has 2 amide bonds. The molecule has 1 atom stereocenters. The van der Waals surface area contributed by atoms with Gasteiger partial charge in [0.2, 0.25) is 0 Å². The lowest BCUT2D eigenvalue weighted by Gasteiger charge is -2.37. The Morgan fingerprint density at radius 1 is 0.842 bits per heavy atom. The van der Waals surface area contributed by atoms with Crippen LogP contribution in [-0.4, -0.2) is 53.3 Å². The zero-order chi connectivity index (χ0) is 13.8. The molecule has 0 aliphatic carbocycles. The lowest BCUT2D eigenvalue weighted by molar-refractivity contribution is -0.312. The maximum atomic E-state index is 12.2. The molecular formula is C13H19N2O4-. The van der Waals surface area contributed by atoms with E-state index in [0.29, 0.717) is 26.1 Å². The summed E-state index contributed by atoms with van der Waals surface area (Å²) in [6.07, 6.45) is 4.75. The van der Waals surface area contributed by atoms with Gasteiger partial charge >= 0.3 is 11.8 Å². The first kappa shape index (κ1) is 13.8. The van der Waals surface area contributed by atoms with E-state index in [9.17, 15) is 19.5 Å². The summed E-state index contributed by atoms with van der Waals surface area (Å²) in [5.41, 5.74) is 0. The van der Waals surface area contributed by atoms with Crippen LogP contribution >= 0.6 is 0 Å². The smallest absolute Gasteiger partial charge is 0.312 e. The molecule has 2 saturated heterocycles. The Labute approximate surface area is 112 Å². The van der Waals surface area contributed by atoms with Crippen molar-refractivity contribution >= 4 is 17.8 Å². The van der Waals surface area contributed by atoms with Gasteiger partial charge in [0.25, 0.3) is 0 Å². The van der Waals surface area contributed by atoms with Crippen molar-refractivity contribution in [2.45, 2.75) is 44.6 Å². The van der Waals surface area contributed by atoms with E-state index in [0.717, 1.165) is 32.1 Å². The number of carboxylic acid groups (broad SMARTS) is 1. The largest absolute Gasteiger partial charge is 0.548 e. The van der Waals surface area contributed by atoms with Crippen molar-refractivity contribution in [3.63, 3.8) is 0 Å². The first-order chi connectivity index (χ1) is 9.11. The number of amides is 2. The highest BCUT2D eigenvalue weighted by Gasteiger charge is 2.34. The molecule has 0 spiro atoms. The van der Waals surface area contributed by atoms with Gasteiger partial charge in [-0.25, -0.2) is 0 Å². The highest BCUT2D eigenvalue weighted by atomic mass is 16.4. The molecule has 0 saturated carbocycles. The van der Waals surface area contributed by atoms with Gasteiger partial charge in [-0.1, -0.05) is 0 Å². The van der Waals surface area contributed by atoms with Gasteiger partial charge < -0.3 is 19.7 Å². The van der Waals surface area contributed by atoms with Gasteiger partial charge in [0.1, 0.15) is 0 Å². The first-order valence-electron chi connectivity index (χ1n) is 6.92. The summed E-state index contributed by atoms with van der Waals surface area (Å²) < 4.78 is 0. The zero-order valence-corrected chi connectivity index (χ0v) is 11.0. The Hall–Kier alpha value is -1.59. The van der Waals surface area contributed by atoms with E-state index in [2.05, 4.69) is 0 Å². The quantitative estimate of drug-likeness (QED) is 0.578. The molecule has 6 heteroatoms. The molecule has 0 N–H and O–H groups in total. The molecule has 0 aromatic heterocycles. The Morgan fingerprint density at radius 2 is 1.47 bits per heavy atom. The molecule has 0 bridgehead atoms. The highest BCUT2D eigenvalue weighted by molar-refractivity contribution is 6.35. The van der Waals surface area contributed by atoms with Gasteiger partial charge in [-0.3, -0.25) is 9.59 Å². The fourth-order valence-electron chi connectivity index (χ4n) is 2.77. The number of hydrogen-bond acceptors (Lipinski definition) is 4. The van der Waals surface area contributed by atoms with Gasteiger partial charge in [0.05, 0.1) is 12.0 Å². The average Bonchev–Trinajstić information content (AvgIpc) is 2.46. The van der Waals surface area contributed by atoms with E-state index in [1.807, 2.05) is 0 Å². The first-order valence-corrected chi connectivity index (χ1v) is 6.92. The van der Waals surface area contributed by atoms with Crippen LogP contribution in [0.3, 0.4) is 0 Å². The van der Waals surface area contributed by atoms with Crippen molar-refractivity contribution in [1.82, 2.24) is 9.80 Å². The molecule has 106 valence electrons. The number of rotatable bonds is 1. The summed E-state index contributed by atoms with van der Waals surface area (Å²) in [6.45, 7) is 1.51. The Kier molecular flexibility index (Phi) is 4.39. The molecule has 2 aliphatic heterocycles. The van der Waals surface area contributed by atoms with E-state index >= 15 is 0 Å². The molecule has 0 aromatic carbocycles. The summed E-state index contributed by atoms with van der Waals surface area (Å²) in [6, 6.07) is -0.949. The third-order valence-corrected chi connectivity index (χ3v) is 3.86. The SMILES string of the molecule is O=C([O-])C1CCCCN1C(=O)C(=O)N1CCCCC1. The Bertz CT molecular complexity index is 377. The topological polar surface area (TPSA) is 80.7 Å². The van der Waals surface area contributed by atoms with Crippen LogP contribution in [0.4, 0.5) is 0 Å². The van der Waals surface area contributed by atoms with Crippen LogP contribution in [0.1, 0.15) is 38.5 Å². The maximum absolute atomic E-state index is 12.2.